The fraction of sp³-hybridized carbons (Fsp3) is 0.167. The SMILES string of the molecule is C1=COc2ncsc2C1. The fourth-order valence-electron chi connectivity index (χ4n) is 0.760. The molecule has 1 aliphatic rings. The van der Waals surface area contributed by atoms with E-state index in [1.54, 1.807) is 23.1 Å². The van der Waals surface area contributed by atoms with Crippen LogP contribution in [0, 0.1) is 0 Å². The summed E-state index contributed by atoms with van der Waals surface area (Å²) in [5.74, 6) is 0.780. The van der Waals surface area contributed by atoms with E-state index < -0.39 is 0 Å². The van der Waals surface area contributed by atoms with E-state index in [0.29, 0.717) is 0 Å². The Morgan fingerprint density at radius 2 is 2.67 bits per heavy atom. The molecule has 0 amide bonds. The third-order valence-electron chi connectivity index (χ3n) is 1.18. The zero-order valence-corrected chi connectivity index (χ0v) is 5.52. The molecule has 0 saturated carbocycles. The van der Waals surface area contributed by atoms with Crippen molar-refractivity contribution in [2.24, 2.45) is 0 Å². The van der Waals surface area contributed by atoms with Crippen molar-refractivity contribution in [2.75, 3.05) is 0 Å². The van der Waals surface area contributed by atoms with Gasteiger partial charge >= 0.3 is 0 Å². The maximum absolute atomic E-state index is 5.08. The van der Waals surface area contributed by atoms with Crippen molar-refractivity contribution in [1.29, 1.82) is 0 Å². The molecule has 0 spiro atoms. The average Bonchev–Trinajstić information content (AvgIpc) is 2.33. The van der Waals surface area contributed by atoms with Crippen LogP contribution in [0.3, 0.4) is 0 Å². The van der Waals surface area contributed by atoms with Gasteiger partial charge in [0, 0.05) is 6.42 Å². The Labute approximate surface area is 56.8 Å². The molecule has 0 atom stereocenters. The quantitative estimate of drug-likeness (QED) is 0.544. The number of thiazole rings is 1. The lowest BCUT2D eigenvalue weighted by molar-refractivity contribution is 0.450. The van der Waals surface area contributed by atoms with Crippen LogP contribution in [0.1, 0.15) is 4.88 Å². The molecule has 0 aromatic carbocycles. The Morgan fingerprint density at radius 1 is 1.67 bits per heavy atom. The van der Waals surface area contributed by atoms with Crippen LogP contribution in [-0.2, 0) is 6.42 Å². The predicted molar refractivity (Wildman–Crippen MR) is 35.6 cm³/mol. The van der Waals surface area contributed by atoms with Crippen molar-refractivity contribution >= 4 is 11.3 Å². The minimum absolute atomic E-state index is 0.780. The summed E-state index contributed by atoms with van der Waals surface area (Å²) in [5, 5.41) is 0. The summed E-state index contributed by atoms with van der Waals surface area (Å²) >= 11 is 1.64. The first-order valence-corrected chi connectivity index (χ1v) is 3.59. The second kappa shape index (κ2) is 1.84. The van der Waals surface area contributed by atoms with Gasteiger partial charge in [-0.05, 0) is 6.08 Å². The zero-order valence-electron chi connectivity index (χ0n) is 4.70. The summed E-state index contributed by atoms with van der Waals surface area (Å²) in [7, 11) is 0. The van der Waals surface area contributed by atoms with Gasteiger partial charge in [-0.25, -0.2) is 4.98 Å². The van der Waals surface area contributed by atoms with Crippen molar-refractivity contribution in [1.82, 2.24) is 4.98 Å². The summed E-state index contributed by atoms with van der Waals surface area (Å²) < 4.78 is 5.08. The number of ether oxygens (including phenoxy) is 1. The minimum atomic E-state index is 0.780. The van der Waals surface area contributed by atoms with Crippen molar-refractivity contribution in [2.45, 2.75) is 6.42 Å². The van der Waals surface area contributed by atoms with Crippen LogP contribution in [0.5, 0.6) is 5.88 Å². The standard InChI is InChI=1S/C6H5NOS/c1-2-5-6(8-3-1)7-4-9-5/h1,3-4H,2H2. The highest BCUT2D eigenvalue weighted by Crippen LogP contribution is 2.24. The number of rotatable bonds is 0. The number of fused-ring (bicyclic) bond motifs is 1. The van der Waals surface area contributed by atoms with E-state index in [2.05, 4.69) is 4.98 Å². The van der Waals surface area contributed by atoms with Crippen LogP contribution in [-0.4, -0.2) is 4.98 Å². The lowest BCUT2D eigenvalue weighted by Crippen LogP contribution is -1.91. The van der Waals surface area contributed by atoms with Crippen molar-refractivity contribution in [3.8, 4) is 5.88 Å². The predicted octanol–water partition coefficient (Wildman–Crippen LogP) is 1.59. The van der Waals surface area contributed by atoms with Gasteiger partial charge in [0.2, 0.25) is 5.88 Å². The maximum Gasteiger partial charge on any atom is 0.232 e. The second-order valence-corrected chi connectivity index (χ2v) is 2.71. The Bertz CT molecular complexity index is 218. The summed E-state index contributed by atoms with van der Waals surface area (Å²) in [6.45, 7) is 0. The molecule has 0 fully saturated rings. The lowest BCUT2D eigenvalue weighted by atomic mass is 10.3. The maximum atomic E-state index is 5.08. The van der Waals surface area contributed by atoms with E-state index in [-0.39, 0.29) is 0 Å². The van der Waals surface area contributed by atoms with Gasteiger partial charge in [0.1, 0.15) is 0 Å². The van der Waals surface area contributed by atoms with E-state index >= 15 is 0 Å². The zero-order chi connectivity index (χ0) is 6.10. The number of nitrogens with zero attached hydrogens (tertiary/aromatic N) is 1. The Balaban J connectivity index is 2.46. The molecule has 0 bridgehead atoms. The molecule has 2 nitrogen and oxygen atoms in total. The molecule has 0 radical (unpaired) electrons. The normalized spacial score (nSPS) is 14.7. The van der Waals surface area contributed by atoms with E-state index in [9.17, 15) is 0 Å². The average molecular weight is 139 g/mol. The monoisotopic (exact) mass is 139 g/mol. The second-order valence-electron chi connectivity index (χ2n) is 1.77. The molecule has 0 unspecified atom stereocenters. The van der Waals surface area contributed by atoms with Crippen molar-refractivity contribution in [3.05, 3.63) is 22.7 Å². The van der Waals surface area contributed by atoms with Gasteiger partial charge in [0.25, 0.3) is 0 Å². The van der Waals surface area contributed by atoms with Gasteiger partial charge < -0.3 is 4.74 Å². The summed E-state index contributed by atoms with van der Waals surface area (Å²) in [6.07, 6.45) is 4.64. The third-order valence-corrected chi connectivity index (χ3v) is 2.02. The van der Waals surface area contributed by atoms with Crippen LogP contribution < -0.4 is 4.74 Å². The van der Waals surface area contributed by atoms with Crippen LogP contribution >= 0.6 is 11.3 Å². The number of hydrogen-bond donors (Lipinski definition) is 0. The Kier molecular flexibility index (Phi) is 1.02. The molecule has 1 aliphatic heterocycles. The van der Waals surface area contributed by atoms with Crippen LogP contribution in [0.4, 0.5) is 0 Å². The molecule has 0 aliphatic carbocycles. The van der Waals surface area contributed by atoms with E-state index in [1.165, 1.54) is 4.88 Å². The van der Waals surface area contributed by atoms with Gasteiger partial charge in [0.05, 0.1) is 16.6 Å². The largest absolute Gasteiger partial charge is 0.446 e. The first-order chi connectivity index (χ1) is 4.47. The molecule has 1 aromatic heterocycles. The number of allylic oxidation sites excluding steroid dienone is 1. The van der Waals surface area contributed by atoms with Gasteiger partial charge in [-0.1, -0.05) is 0 Å². The minimum Gasteiger partial charge on any atom is -0.446 e. The number of hydrogen-bond acceptors (Lipinski definition) is 3. The molecule has 46 valence electrons. The van der Waals surface area contributed by atoms with Crippen molar-refractivity contribution in [3.63, 3.8) is 0 Å². The third kappa shape index (κ3) is 0.733. The summed E-state index contributed by atoms with van der Waals surface area (Å²) in [5.41, 5.74) is 1.80. The molecule has 2 heterocycles. The first-order valence-electron chi connectivity index (χ1n) is 2.71. The molecule has 9 heavy (non-hydrogen) atoms. The molecular formula is C6H5NOS. The summed E-state index contributed by atoms with van der Waals surface area (Å²) in [4.78, 5) is 5.22. The summed E-state index contributed by atoms with van der Waals surface area (Å²) in [6, 6.07) is 0. The highest BCUT2D eigenvalue weighted by atomic mass is 32.1. The van der Waals surface area contributed by atoms with Crippen molar-refractivity contribution < 1.29 is 4.74 Å². The highest BCUT2D eigenvalue weighted by Gasteiger charge is 2.07. The van der Waals surface area contributed by atoms with E-state index in [0.717, 1.165) is 12.3 Å². The van der Waals surface area contributed by atoms with Gasteiger partial charge in [-0.3, -0.25) is 0 Å². The molecule has 2 rings (SSSR count). The number of aromatic nitrogens is 1. The van der Waals surface area contributed by atoms with Crippen LogP contribution in [0.15, 0.2) is 17.8 Å². The topological polar surface area (TPSA) is 22.1 Å². The van der Waals surface area contributed by atoms with E-state index in [4.69, 9.17) is 4.74 Å². The molecule has 3 heteroatoms. The Morgan fingerprint density at radius 3 is 3.56 bits per heavy atom. The molecule has 1 aromatic rings. The lowest BCUT2D eigenvalue weighted by Gasteiger charge is -2.01. The van der Waals surface area contributed by atoms with E-state index in [1.807, 2.05) is 6.08 Å². The Hall–Kier alpha value is -0.830. The fourth-order valence-corrected chi connectivity index (χ4v) is 1.43. The smallest absolute Gasteiger partial charge is 0.232 e. The van der Waals surface area contributed by atoms with Crippen LogP contribution in [0.25, 0.3) is 0 Å². The highest BCUT2D eigenvalue weighted by molar-refractivity contribution is 7.09. The van der Waals surface area contributed by atoms with Crippen LogP contribution in [0.2, 0.25) is 0 Å². The van der Waals surface area contributed by atoms with Gasteiger partial charge in [-0.15, -0.1) is 11.3 Å². The van der Waals surface area contributed by atoms with Gasteiger partial charge in [-0.2, -0.15) is 0 Å². The molecule has 0 N–H and O–H groups in total. The molecule has 0 saturated heterocycles. The first kappa shape index (κ1) is 4.99. The van der Waals surface area contributed by atoms with Gasteiger partial charge in [0.15, 0.2) is 0 Å². The molecular weight excluding hydrogens is 134 g/mol.